The molecular formula is C40H57N2NaO10S. The Morgan fingerprint density at radius 1 is 1.00 bits per heavy atom. The summed E-state index contributed by atoms with van der Waals surface area (Å²) in [6.45, 7) is 10.8. The van der Waals surface area contributed by atoms with Gasteiger partial charge >= 0.3 is 35.5 Å². The Morgan fingerprint density at radius 2 is 1.67 bits per heavy atom. The Morgan fingerprint density at radius 3 is 2.31 bits per heavy atom. The summed E-state index contributed by atoms with van der Waals surface area (Å²) in [5.74, 6) is -1.52. The fraction of sp³-hybridized carbons (Fsp3) is 0.475. The van der Waals surface area contributed by atoms with Crippen LogP contribution in [0.3, 0.4) is 0 Å². The summed E-state index contributed by atoms with van der Waals surface area (Å²) in [6.07, 6.45) is 28.8. The van der Waals surface area contributed by atoms with Crippen LogP contribution in [0.15, 0.2) is 107 Å². The van der Waals surface area contributed by atoms with Gasteiger partial charge in [0.05, 0.1) is 18.8 Å². The van der Waals surface area contributed by atoms with Gasteiger partial charge in [0.25, 0.3) is 0 Å². The number of rotatable bonds is 12. The first-order chi connectivity index (χ1) is 25.1. The average Bonchev–Trinajstić information content (AvgIpc) is 3.11. The summed E-state index contributed by atoms with van der Waals surface area (Å²) in [7, 11) is -1.68. The number of esters is 1. The number of carbonyl (C=O) groups excluding carboxylic acids is 3. The van der Waals surface area contributed by atoms with Gasteiger partial charge in [0.2, 0.25) is 22.7 Å². The summed E-state index contributed by atoms with van der Waals surface area (Å²) in [5.41, 5.74) is 3.64. The Kier molecular flexibility index (Phi) is 26.6. The fourth-order valence-electron chi connectivity index (χ4n) is 4.92. The number of allylic oxidation sites excluding steroid dienone is 11. The number of carbonyl (C=O) groups is 3. The summed E-state index contributed by atoms with van der Waals surface area (Å²) in [6, 6.07) is -1.39. The fourth-order valence-corrected chi connectivity index (χ4v) is 5.22. The molecule has 2 amide bonds. The topological polar surface area (TPSA) is 169 Å². The van der Waals surface area contributed by atoms with E-state index < -0.39 is 41.0 Å². The van der Waals surface area contributed by atoms with Crippen LogP contribution >= 0.6 is 0 Å². The van der Waals surface area contributed by atoms with E-state index in [1.54, 1.807) is 39.4 Å². The van der Waals surface area contributed by atoms with Crippen LogP contribution in [0.25, 0.3) is 0 Å². The number of cyclic esters (lactones) is 1. The second kappa shape index (κ2) is 28.3. The molecule has 6 atom stereocenters. The first-order valence-corrected chi connectivity index (χ1v) is 18.8. The normalized spacial score (nSPS) is 28.5. The number of amides is 2. The monoisotopic (exact) mass is 780 g/mol. The minimum Gasteiger partial charge on any atom is -0.726 e. The van der Waals surface area contributed by atoms with E-state index in [-0.39, 0.29) is 66.6 Å². The largest absolute Gasteiger partial charge is 1.00 e. The van der Waals surface area contributed by atoms with Crippen LogP contribution in [-0.2, 0) is 43.2 Å². The van der Waals surface area contributed by atoms with Gasteiger partial charge in [-0.1, -0.05) is 110 Å². The summed E-state index contributed by atoms with van der Waals surface area (Å²) < 4.78 is 53.7. The number of nitrogens with one attached hydrogen (secondary N) is 2. The predicted molar refractivity (Wildman–Crippen MR) is 206 cm³/mol. The molecule has 0 aromatic rings. The molecule has 54 heavy (non-hydrogen) atoms. The zero-order valence-electron chi connectivity index (χ0n) is 33.2. The van der Waals surface area contributed by atoms with E-state index in [9.17, 15) is 27.4 Å². The summed E-state index contributed by atoms with van der Waals surface area (Å²) in [5, 5.41) is 4.68. The van der Waals surface area contributed by atoms with Crippen molar-refractivity contribution in [3.63, 3.8) is 0 Å². The van der Waals surface area contributed by atoms with Crippen molar-refractivity contribution in [3.8, 4) is 0 Å². The molecule has 1 rings (SSSR count). The van der Waals surface area contributed by atoms with Gasteiger partial charge in [-0.3, -0.25) is 13.8 Å². The van der Waals surface area contributed by atoms with Crippen LogP contribution in [0.1, 0.15) is 60.8 Å². The minimum atomic E-state index is -5.05. The van der Waals surface area contributed by atoms with Gasteiger partial charge < -0.3 is 29.4 Å². The second-order valence-corrected chi connectivity index (χ2v) is 13.9. The van der Waals surface area contributed by atoms with Crippen molar-refractivity contribution >= 4 is 28.7 Å². The second-order valence-electron chi connectivity index (χ2n) is 12.9. The maximum atomic E-state index is 13.1. The predicted octanol–water partition coefficient (Wildman–Crippen LogP) is 2.66. The summed E-state index contributed by atoms with van der Waals surface area (Å²) in [4.78, 5) is 36.4. The Hall–Kier alpha value is -3.14. The minimum absolute atomic E-state index is 0. The van der Waals surface area contributed by atoms with E-state index in [2.05, 4.69) is 46.0 Å². The van der Waals surface area contributed by atoms with Crippen molar-refractivity contribution in [1.82, 2.24) is 10.6 Å². The number of methoxy groups -OCH3 is 2. The Balaban J connectivity index is 0.0000281. The van der Waals surface area contributed by atoms with Crippen molar-refractivity contribution in [3.05, 3.63) is 107 Å². The van der Waals surface area contributed by atoms with Gasteiger partial charge in [-0.25, -0.2) is 13.2 Å². The van der Waals surface area contributed by atoms with Crippen LogP contribution in [0, 0.1) is 11.8 Å². The van der Waals surface area contributed by atoms with Gasteiger partial charge in [0.1, 0.15) is 12.1 Å². The first-order valence-electron chi connectivity index (χ1n) is 17.5. The van der Waals surface area contributed by atoms with E-state index in [0.717, 1.165) is 30.4 Å². The van der Waals surface area contributed by atoms with Crippen molar-refractivity contribution < 1.29 is 75.3 Å². The maximum absolute atomic E-state index is 13.1. The third kappa shape index (κ3) is 23.6. The van der Waals surface area contributed by atoms with Gasteiger partial charge in [-0.2, -0.15) is 0 Å². The van der Waals surface area contributed by atoms with Gasteiger partial charge in [0.15, 0.2) is 0 Å². The standard InChI is InChI=1S/C40H58N2O10S.Na/c1-29-13-11-17-35(49-7)16-10-9-15-33(5)39(52-38(44)24-22-30(2)19-20-31(3)25-36(50-8)18-12-14-29)34(6)23-21-32(4)26-41-40(45)37(42-28-43)27-51-53(46,47)48;/h9-10,12-16,19-25,28,30,33,35-37,39H,11,17-18,26-27H2,1-8H3,(H,41,45)(H,42,43)(H,46,47,48);/q;+1/p-1/b14-12+,15-9+,16-10+,20-19+,24-22+,29-13+,31-25+,32-21+,34-23+;. The average molecular weight is 781 g/mol. The van der Waals surface area contributed by atoms with Crippen LogP contribution in [-0.4, -0.2) is 83.0 Å². The molecule has 6 unspecified atom stereocenters. The van der Waals surface area contributed by atoms with E-state index >= 15 is 0 Å². The Bertz CT molecular complexity index is 1570. The number of hydrogen-bond donors (Lipinski definition) is 2. The van der Waals surface area contributed by atoms with Gasteiger partial charge in [-0.05, 0) is 58.4 Å². The molecule has 0 radical (unpaired) electrons. The molecule has 0 fully saturated rings. The molecule has 0 spiro atoms. The third-order valence-corrected chi connectivity index (χ3v) is 8.50. The zero-order chi connectivity index (χ0) is 39.8. The molecule has 0 aromatic carbocycles. The van der Waals surface area contributed by atoms with Crippen LogP contribution in [0.5, 0.6) is 0 Å². The van der Waals surface area contributed by atoms with E-state index in [4.69, 9.17) is 14.2 Å². The SMILES string of the molecule is COC1/C=C(C)/C=C/C(C)/C=C/C(=O)OC(/C(C)=C/C=C(\C)CNC(=O)C(COS(=O)(=O)[O-])NC=O)C(C)/C=C/C=C/C(OC)CC/C=C(C)/C=C/C1.[Na+]. The molecule has 14 heteroatoms. The molecule has 0 saturated carbocycles. The van der Waals surface area contributed by atoms with Gasteiger partial charge in [-0.15, -0.1) is 0 Å². The van der Waals surface area contributed by atoms with Crippen molar-refractivity contribution in [1.29, 1.82) is 0 Å². The zero-order valence-corrected chi connectivity index (χ0v) is 36.0. The van der Waals surface area contributed by atoms with Crippen molar-refractivity contribution in [2.45, 2.75) is 85.2 Å². The quantitative estimate of drug-likeness (QED) is 0.0751. The molecule has 1 aliphatic rings. The van der Waals surface area contributed by atoms with E-state index in [0.29, 0.717) is 5.57 Å². The summed E-state index contributed by atoms with van der Waals surface area (Å²) >= 11 is 0. The molecule has 12 nitrogen and oxygen atoms in total. The van der Waals surface area contributed by atoms with E-state index in [1.165, 1.54) is 11.6 Å². The molecule has 1 heterocycles. The van der Waals surface area contributed by atoms with E-state index in [1.807, 2.05) is 64.2 Å². The van der Waals surface area contributed by atoms with Crippen molar-refractivity contribution in [2.24, 2.45) is 11.8 Å². The molecule has 0 saturated heterocycles. The molecule has 2 N–H and O–H groups in total. The van der Waals surface area contributed by atoms with Crippen LogP contribution < -0.4 is 40.2 Å². The molecular weight excluding hydrogens is 724 g/mol. The van der Waals surface area contributed by atoms with Crippen LogP contribution in [0.2, 0.25) is 0 Å². The van der Waals surface area contributed by atoms with Crippen molar-refractivity contribution in [2.75, 3.05) is 27.4 Å². The molecule has 1 aliphatic heterocycles. The maximum Gasteiger partial charge on any atom is 1.00 e. The smallest absolute Gasteiger partial charge is 0.726 e. The van der Waals surface area contributed by atoms with Crippen LogP contribution in [0.4, 0.5) is 0 Å². The molecule has 0 aromatic heterocycles. The molecule has 0 aliphatic carbocycles. The molecule has 294 valence electrons. The third-order valence-electron chi connectivity index (χ3n) is 8.08. The molecule has 0 bridgehead atoms. The number of hydrogen-bond acceptors (Lipinski definition) is 10. The number of ether oxygens (including phenoxy) is 3. The first kappa shape index (κ1) is 50.9. The van der Waals surface area contributed by atoms with Gasteiger partial charge in [0, 0.05) is 32.8 Å². The Labute approximate surface area is 344 Å².